The molecule has 0 aliphatic carbocycles. The quantitative estimate of drug-likeness (QED) is 0.113. The highest BCUT2D eigenvalue weighted by Gasteiger charge is 2.43. The van der Waals surface area contributed by atoms with Gasteiger partial charge in [-0.3, -0.25) is 24.1 Å². The van der Waals surface area contributed by atoms with Gasteiger partial charge in [0.15, 0.2) is 23.0 Å². The summed E-state index contributed by atoms with van der Waals surface area (Å²) in [6.07, 6.45) is 1.24. The largest absolute Gasteiger partial charge is 0.493 e. The van der Waals surface area contributed by atoms with Gasteiger partial charge in [0.05, 0.1) is 49.9 Å². The Morgan fingerprint density at radius 2 is 1.31 bits per heavy atom. The number of ether oxygens (including phenoxy) is 5. The smallest absolute Gasteiger partial charge is 0.257 e. The molecule has 15 heteroatoms. The second kappa shape index (κ2) is 17.4. The minimum atomic E-state index is -1.41. The maximum Gasteiger partial charge on any atom is 0.257 e. The van der Waals surface area contributed by atoms with E-state index in [1.807, 2.05) is 49.3 Å². The second-order valence-electron chi connectivity index (χ2n) is 17.6. The van der Waals surface area contributed by atoms with Crippen molar-refractivity contribution in [1.29, 1.82) is 0 Å². The summed E-state index contributed by atoms with van der Waals surface area (Å²) in [6, 6.07) is 20.2. The highest BCUT2D eigenvalue weighted by Crippen LogP contribution is 2.42. The number of nitrogens with zero attached hydrogens (tertiary/aromatic N) is 4. The van der Waals surface area contributed by atoms with Crippen molar-refractivity contribution in [3.63, 3.8) is 0 Å². The Morgan fingerprint density at radius 1 is 0.694 bits per heavy atom. The SMILES string of the molecule is COc1cc2c(cc1OCCCOc1cc3c(cc1OC)C(=O)N1Cc4cc(N(C)C)ccc4CC1C(=O)N3COCC[Si](C)(C)C)NC(=O)C1Cc3ccccc3CN1C2=O. The number of carbonyl (C=O) groups is 4. The van der Waals surface area contributed by atoms with Crippen LogP contribution in [-0.2, 0) is 40.3 Å². The summed E-state index contributed by atoms with van der Waals surface area (Å²) in [4.78, 5) is 63.3. The molecule has 4 aliphatic rings. The van der Waals surface area contributed by atoms with Gasteiger partial charge >= 0.3 is 0 Å². The lowest BCUT2D eigenvalue weighted by Crippen LogP contribution is -2.52. The highest BCUT2D eigenvalue weighted by molar-refractivity contribution is 6.76. The van der Waals surface area contributed by atoms with Crippen LogP contribution in [0.5, 0.6) is 23.0 Å². The van der Waals surface area contributed by atoms with Crippen molar-refractivity contribution in [3.05, 3.63) is 100 Å². The molecule has 4 heterocycles. The molecule has 14 nitrogen and oxygen atoms in total. The summed E-state index contributed by atoms with van der Waals surface area (Å²) >= 11 is 0. The summed E-state index contributed by atoms with van der Waals surface area (Å²) in [5.74, 6) is 0.429. The molecular weight excluding hydrogens is 807 g/mol. The average molecular weight is 862 g/mol. The number of fused-ring (bicyclic) bond motifs is 6. The van der Waals surface area contributed by atoms with Gasteiger partial charge in [0, 0.05) is 78.9 Å². The summed E-state index contributed by atoms with van der Waals surface area (Å²) in [5.41, 5.74) is 6.56. The molecule has 0 aromatic heterocycles. The average Bonchev–Trinajstić information content (AvgIpc) is 3.40. The molecule has 0 fully saturated rings. The third kappa shape index (κ3) is 8.43. The number of nitrogens with one attached hydrogen (secondary N) is 1. The third-order valence-corrected chi connectivity index (χ3v) is 13.8. The number of carbonyl (C=O) groups excluding carboxylic acids is 4. The Labute approximate surface area is 363 Å². The van der Waals surface area contributed by atoms with Crippen LogP contribution in [0.2, 0.25) is 25.7 Å². The lowest BCUT2D eigenvalue weighted by atomic mass is 9.92. The molecule has 4 amide bonds. The summed E-state index contributed by atoms with van der Waals surface area (Å²) < 4.78 is 30.1. The first-order valence-corrected chi connectivity index (χ1v) is 24.8. The topological polar surface area (TPSA) is 139 Å². The molecule has 4 aromatic carbocycles. The van der Waals surface area contributed by atoms with Gasteiger partial charge < -0.3 is 43.7 Å². The van der Waals surface area contributed by atoms with Crippen molar-refractivity contribution < 1.29 is 42.9 Å². The van der Waals surface area contributed by atoms with Crippen LogP contribution in [0.1, 0.15) is 49.4 Å². The first-order chi connectivity index (χ1) is 29.7. The lowest BCUT2D eigenvalue weighted by Gasteiger charge is -2.36. The van der Waals surface area contributed by atoms with Crippen LogP contribution >= 0.6 is 0 Å². The number of rotatable bonds is 14. The number of amides is 4. The molecule has 0 bridgehead atoms. The van der Waals surface area contributed by atoms with Crippen LogP contribution < -0.4 is 34.1 Å². The molecule has 62 heavy (non-hydrogen) atoms. The van der Waals surface area contributed by atoms with Gasteiger partial charge in [-0.25, -0.2) is 0 Å². The fourth-order valence-electron chi connectivity index (χ4n) is 8.50. The molecule has 8 rings (SSSR count). The van der Waals surface area contributed by atoms with E-state index in [1.165, 1.54) is 14.2 Å². The Balaban J connectivity index is 0.991. The number of methoxy groups -OCH3 is 2. The number of anilines is 3. The summed E-state index contributed by atoms with van der Waals surface area (Å²) in [5, 5.41) is 2.96. The Hall–Kier alpha value is -6.06. The van der Waals surface area contributed by atoms with Crippen molar-refractivity contribution in [1.82, 2.24) is 9.80 Å². The van der Waals surface area contributed by atoms with Crippen molar-refractivity contribution in [2.45, 2.75) is 70.1 Å². The van der Waals surface area contributed by atoms with E-state index >= 15 is 0 Å². The first kappa shape index (κ1) is 42.6. The van der Waals surface area contributed by atoms with Gasteiger partial charge in [-0.15, -0.1) is 0 Å². The van der Waals surface area contributed by atoms with Crippen molar-refractivity contribution in [3.8, 4) is 23.0 Å². The molecule has 1 N–H and O–H groups in total. The van der Waals surface area contributed by atoms with E-state index in [0.29, 0.717) is 84.5 Å². The Kier molecular flexibility index (Phi) is 11.9. The molecule has 0 saturated heterocycles. The predicted molar refractivity (Wildman–Crippen MR) is 239 cm³/mol. The van der Waals surface area contributed by atoms with E-state index in [0.717, 1.165) is 34.0 Å². The van der Waals surface area contributed by atoms with Crippen LogP contribution in [0.15, 0.2) is 66.7 Å². The predicted octanol–water partition coefficient (Wildman–Crippen LogP) is 6.36. The van der Waals surface area contributed by atoms with Crippen molar-refractivity contribution in [2.75, 3.05) is 70.0 Å². The van der Waals surface area contributed by atoms with Crippen LogP contribution in [0.3, 0.4) is 0 Å². The maximum atomic E-state index is 14.6. The lowest BCUT2D eigenvalue weighted by molar-refractivity contribution is -0.124. The summed E-state index contributed by atoms with van der Waals surface area (Å²) in [7, 11) is 5.56. The van der Waals surface area contributed by atoms with Gasteiger partial charge in [0.2, 0.25) is 5.91 Å². The zero-order chi connectivity index (χ0) is 43.9. The number of benzene rings is 4. The first-order valence-electron chi connectivity index (χ1n) is 21.1. The van der Waals surface area contributed by atoms with Gasteiger partial charge in [0.1, 0.15) is 18.8 Å². The van der Waals surface area contributed by atoms with E-state index in [1.54, 1.807) is 39.0 Å². The van der Waals surface area contributed by atoms with E-state index < -0.39 is 20.2 Å². The van der Waals surface area contributed by atoms with Crippen LogP contribution in [0.4, 0.5) is 17.1 Å². The Morgan fingerprint density at radius 3 is 2.00 bits per heavy atom. The fraction of sp³-hybridized carbons (Fsp3) is 0.404. The van der Waals surface area contributed by atoms with Crippen LogP contribution in [0.25, 0.3) is 0 Å². The zero-order valence-electron chi connectivity index (χ0n) is 36.5. The molecule has 4 aliphatic heterocycles. The molecule has 2 unspecified atom stereocenters. The summed E-state index contributed by atoms with van der Waals surface area (Å²) in [6.45, 7) is 8.34. The van der Waals surface area contributed by atoms with Crippen LogP contribution in [0, 0.1) is 0 Å². The van der Waals surface area contributed by atoms with E-state index in [9.17, 15) is 19.2 Å². The van der Waals surface area contributed by atoms with Crippen molar-refractivity contribution >= 4 is 48.8 Å². The van der Waals surface area contributed by atoms with Gasteiger partial charge in [-0.05, 0) is 52.6 Å². The zero-order valence-corrected chi connectivity index (χ0v) is 37.5. The third-order valence-electron chi connectivity index (χ3n) is 12.1. The second-order valence-corrected chi connectivity index (χ2v) is 23.3. The standard InChI is InChI=1S/C47H55N5O9Si/c1-49(2)33-14-13-30-21-39-47(56)52(28-59-17-18-62(5,6)7)37-25-43(41(58-4)23-35(37)46(55)51(39)27-32(30)19-33)61-16-10-15-60-42-24-36-34(22-40(42)57-3)45(54)50-26-31-12-9-8-11-29(31)20-38(50)44(53)48-36/h8-9,11-14,19,22-25,38-39H,10,15-18,20-21,26-28H2,1-7H3,(H,48,53). The van der Waals surface area contributed by atoms with E-state index in [4.69, 9.17) is 23.7 Å². The number of hydrogen-bond acceptors (Lipinski definition) is 10. The Bertz CT molecular complexity index is 2420. The molecule has 326 valence electrons. The minimum Gasteiger partial charge on any atom is -0.493 e. The molecule has 0 spiro atoms. The highest BCUT2D eigenvalue weighted by atomic mass is 28.3. The molecule has 0 radical (unpaired) electrons. The molecule has 0 saturated carbocycles. The van der Waals surface area contributed by atoms with Gasteiger partial charge in [-0.1, -0.05) is 50.0 Å². The monoisotopic (exact) mass is 861 g/mol. The molecular formula is C47H55N5O9Si. The van der Waals surface area contributed by atoms with E-state index in [2.05, 4.69) is 37.1 Å². The van der Waals surface area contributed by atoms with Crippen molar-refractivity contribution in [2.24, 2.45) is 0 Å². The van der Waals surface area contributed by atoms with Gasteiger partial charge in [-0.2, -0.15) is 0 Å². The van der Waals surface area contributed by atoms with Gasteiger partial charge in [0.25, 0.3) is 17.7 Å². The minimum absolute atomic E-state index is 0.0129. The van der Waals surface area contributed by atoms with Crippen LogP contribution in [-0.4, -0.2) is 108 Å². The fourth-order valence-corrected chi connectivity index (χ4v) is 9.25. The maximum absolute atomic E-state index is 14.6. The molecule has 2 atom stereocenters. The van der Waals surface area contributed by atoms with E-state index in [-0.39, 0.29) is 43.6 Å². The normalized spacial score (nSPS) is 18.0. The molecule has 4 aromatic rings. The number of hydrogen-bond donors (Lipinski definition) is 1.